The lowest BCUT2D eigenvalue weighted by Crippen LogP contribution is -2.25. The predicted octanol–water partition coefficient (Wildman–Crippen LogP) is 4.74. The van der Waals surface area contributed by atoms with Gasteiger partial charge in [0.1, 0.15) is 17.6 Å². The highest BCUT2D eigenvalue weighted by molar-refractivity contribution is 7.98. The van der Waals surface area contributed by atoms with Gasteiger partial charge < -0.3 is 4.74 Å². The molecule has 33 heavy (non-hydrogen) atoms. The lowest BCUT2D eigenvalue weighted by Gasteiger charge is -2.14. The topological polar surface area (TPSA) is 79.0 Å². The normalized spacial score (nSPS) is 11.2. The Labute approximate surface area is 200 Å². The van der Waals surface area contributed by atoms with Crippen LogP contribution in [0.25, 0.3) is 11.0 Å². The first-order valence-electron chi connectivity index (χ1n) is 10.4. The summed E-state index contributed by atoms with van der Waals surface area (Å²) in [5.41, 5.74) is 4.01. The molecule has 0 saturated carbocycles. The van der Waals surface area contributed by atoms with Crippen LogP contribution in [0.15, 0.2) is 52.4 Å². The number of benzene rings is 2. The molecule has 4 rings (SSSR count). The summed E-state index contributed by atoms with van der Waals surface area (Å²) < 4.78 is 8.82. The molecule has 9 heteroatoms. The Balaban J connectivity index is 1.80. The minimum absolute atomic E-state index is 0.145. The van der Waals surface area contributed by atoms with Crippen LogP contribution in [0.3, 0.4) is 0 Å². The largest absolute Gasteiger partial charge is 0.496 e. The number of ether oxygens (including phenoxy) is 1. The van der Waals surface area contributed by atoms with E-state index in [1.165, 1.54) is 11.8 Å². The molecule has 0 amide bonds. The summed E-state index contributed by atoms with van der Waals surface area (Å²) in [6, 6.07) is 12.7. The molecule has 7 nitrogen and oxygen atoms in total. The van der Waals surface area contributed by atoms with Crippen LogP contribution in [0.4, 0.5) is 0 Å². The van der Waals surface area contributed by atoms with Gasteiger partial charge in [-0.15, -0.1) is 0 Å². The molecule has 0 N–H and O–H groups in total. The number of methoxy groups -OCH3 is 1. The number of hydrogen-bond donors (Lipinski definition) is 0. The first kappa shape index (κ1) is 23.1. The van der Waals surface area contributed by atoms with Gasteiger partial charge in [0, 0.05) is 28.4 Å². The van der Waals surface area contributed by atoms with Gasteiger partial charge in [-0.3, -0.25) is 18.8 Å². The first-order valence-corrected chi connectivity index (χ1v) is 11.8. The van der Waals surface area contributed by atoms with Crippen molar-refractivity contribution in [2.75, 3.05) is 7.11 Å². The number of aryl methyl sites for hydroxylation is 2. The Morgan fingerprint density at radius 3 is 2.61 bits per heavy atom. The maximum atomic E-state index is 13.6. The molecule has 0 aliphatic rings. The zero-order chi connectivity index (χ0) is 23.5. The number of thioether (sulfide) groups is 1. The molecule has 0 bridgehead atoms. The van der Waals surface area contributed by atoms with Crippen LogP contribution in [-0.2, 0) is 18.8 Å². The van der Waals surface area contributed by atoms with Crippen molar-refractivity contribution in [1.82, 2.24) is 19.3 Å². The van der Waals surface area contributed by atoms with E-state index in [0.717, 1.165) is 17.4 Å². The molecular formula is C24H23ClN4O3S. The smallest absolute Gasteiger partial charge is 0.280 e. The van der Waals surface area contributed by atoms with E-state index >= 15 is 0 Å². The molecule has 2 aromatic carbocycles. The predicted molar refractivity (Wildman–Crippen MR) is 131 cm³/mol. The summed E-state index contributed by atoms with van der Waals surface area (Å²) >= 11 is 7.45. The van der Waals surface area contributed by atoms with Crippen LogP contribution in [0, 0.1) is 6.92 Å². The third kappa shape index (κ3) is 4.67. The average Bonchev–Trinajstić information content (AvgIpc) is 3.16. The number of hydrogen-bond acceptors (Lipinski definition) is 6. The van der Waals surface area contributed by atoms with Crippen LogP contribution in [0.5, 0.6) is 5.75 Å². The van der Waals surface area contributed by atoms with E-state index in [2.05, 4.69) is 5.10 Å². The van der Waals surface area contributed by atoms with Crippen LogP contribution >= 0.6 is 23.4 Å². The Bertz CT molecular complexity index is 1380. The molecule has 2 heterocycles. The Morgan fingerprint density at radius 1 is 1.18 bits per heavy atom. The van der Waals surface area contributed by atoms with Crippen LogP contribution in [0.2, 0.25) is 5.02 Å². The van der Waals surface area contributed by atoms with Crippen molar-refractivity contribution >= 4 is 40.7 Å². The van der Waals surface area contributed by atoms with Crippen molar-refractivity contribution in [2.24, 2.45) is 0 Å². The molecule has 2 aromatic heterocycles. The fourth-order valence-electron chi connectivity index (χ4n) is 3.67. The number of aromatic nitrogens is 4. The number of fused-ring (bicyclic) bond motifs is 1. The number of nitrogens with zero attached hydrogens (tertiary/aromatic N) is 4. The molecule has 0 aliphatic heterocycles. The van der Waals surface area contributed by atoms with Crippen LogP contribution in [0.1, 0.15) is 34.1 Å². The lowest BCUT2D eigenvalue weighted by molar-refractivity contribution is 0.112. The molecule has 0 radical (unpaired) electrons. The maximum Gasteiger partial charge on any atom is 0.280 e. The number of carbonyl (C=O) groups excluding carboxylic acids is 1. The fourth-order valence-corrected chi connectivity index (χ4v) is 4.76. The summed E-state index contributed by atoms with van der Waals surface area (Å²) in [6.07, 6.45) is 0.802. The van der Waals surface area contributed by atoms with Crippen LogP contribution in [-0.4, -0.2) is 32.7 Å². The summed E-state index contributed by atoms with van der Waals surface area (Å²) in [7, 11) is 1.59. The Hall–Kier alpha value is -3.10. The van der Waals surface area contributed by atoms with E-state index in [9.17, 15) is 9.59 Å². The molecule has 0 fully saturated rings. The van der Waals surface area contributed by atoms with E-state index in [4.69, 9.17) is 21.3 Å². The second-order valence-corrected chi connectivity index (χ2v) is 8.87. The van der Waals surface area contributed by atoms with Gasteiger partial charge in [0.2, 0.25) is 0 Å². The standard InChI is InChI=1S/C24H23ClN4O3S/c1-4-29-22-21(15(2)27-29)26-24(28(23(22)31)12-16-5-8-19(25)9-6-16)33-14-18-11-17(13-30)7-10-20(18)32-3/h5-11,13H,4,12,14H2,1-3H3. The van der Waals surface area contributed by atoms with Crippen LogP contribution < -0.4 is 10.3 Å². The minimum atomic E-state index is -0.145. The molecule has 0 spiro atoms. The second kappa shape index (κ2) is 9.80. The van der Waals surface area contributed by atoms with Gasteiger partial charge in [-0.2, -0.15) is 5.10 Å². The fraction of sp³-hybridized carbons (Fsp3) is 0.250. The third-order valence-corrected chi connectivity index (χ3v) is 6.61. The molecule has 0 saturated heterocycles. The van der Waals surface area contributed by atoms with E-state index in [1.807, 2.05) is 26.0 Å². The van der Waals surface area contributed by atoms with E-state index < -0.39 is 0 Å². The molecule has 170 valence electrons. The van der Waals surface area contributed by atoms with Gasteiger partial charge in [-0.25, -0.2) is 4.98 Å². The van der Waals surface area contributed by atoms with Gasteiger partial charge in [-0.05, 0) is 49.7 Å². The highest BCUT2D eigenvalue weighted by Gasteiger charge is 2.19. The molecule has 0 unspecified atom stereocenters. The molecule has 0 aliphatic carbocycles. The third-order valence-electron chi connectivity index (χ3n) is 5.33. The summed E-state index contributed by atoms with van der Waals surface area (Å²) in [5, 5.41) is 5.70. The summed E-state index contributed by atoms with van der Waals surface area (Å²) in [6.45, 7) is 4.73. The maximum absolute atomic E-state index is 13.6. The summed E-state index contributed by atoms with van der Waals surface area (Å²) in [5.74, 6) is 1.15. The number of carbonyl (C=O) groups is 1. The van der Waals surface area contributed by atoms with E-state index in [-0.39, 0.29) is 5.56 Å². The quantitative estimate of drug-likeness (QED) is 0.205. The molecule has 0 atom stereocenters. The molecular weight excluding hydrogens is 460 g/mol. The average molecular weight is 483 g/mol. The number of aldehydes is 1. The lowest BCUT2D eigenvalue weighted by atomic mass is 10.1. The van der Waals surface area contributed by atoms with Gasteiger partial charge >= 0.3 is 0 Å². The minimum Gasteiger partial charge on any atom is -0.496 e. The van der Waals surface area contributed by atoms with Gasteiger partial charge in [0.15, 0.2) is 10.7 Å². The monoisotopic (exact) mass is 482 g/mol. The van der Waals surface area contributed by atoms with Gasteiger partial charge in [0.05, 0.1) is 19.3 Å². The van der Waals surface area contributed by atoms with Gasteiger partial charge in [-0.1, -0.05) is 35.5 Å². The highest BCUT2D eigenvalue weighted by atomic mass is 35.5. The zero-order valence-electron chi connectivity index (χ0n) is 18.5. The highest BCUT2D eigenvalue weighted by Crippen LogP contribution is 2.29. The van der Waals surface area contributed by atoms with Crippen molar-refractivity contribution in [2.45, 2.75) is 37.8 Å². The SMILES string of the molecule is CCn1nc(C)c2nc(SCc3cc(C=O)ccc3OC)n(Cc3ccc(Cl)cc3)c(=O)c21. The molecule has 4 aromatic rings. The van der Waals surface area contributed by atoms with Crippen molar-refractivity contribution in [3.05, 3.63) is 80.2 Å². The Kier molecular flexibility index (Phi) is 6.85. The Morgan fingerprint density at radius 2 is 1.94 bits per heavy atom. The first-order chi connectivity index (χ1) is 15.9. The van der Waals surface area contributed by atoms with Crippen molar-refractivity contribution in [3.8, 4) is 5.75 Å². The zero-order valence-corrected chi connectivity index (χ0v) is 20.1. The number of rotatable bonds is 8. The van der Waals surface area contributed by atoms with Crippen molar-refractivity contribution < 1.29 is 9.53 Å². The van der Waals surface area contributed by atoms with Crippen molar-refractivity contribution in [3.63, 3.8) is 0 Å². The number of halogens is 1. The van der Waals surface area contributed by atoms with E-state index in [1.54, 1.807) is 46.7 Å². The van der Waals surface area contributed by atoms with Crippen molar-refractivity contribution in [1.29, 1.82) is 0 Å². The second-order valence-electron chi connectivity index (χ2n) is 7.49. The summed E-state index contributed by atoms with van der Waals surface area (Å²) in [4.78, 5) is 29.7. The van der Waals surface area contributed by atoms with E-state index in [0.29, 0.717) is 57.1 Å². The van der Waals surface area contributed by atoms with Gasteiger partial charge in [0.25, 0.3) is 5.56 Å².